The lowest BCUT2D eigenvalue weighted by atomic mass is 10.1. The molecular formula is C20H21N3O3. The number of morpholine rings is 1. The number of benzene rings is 1. The number of anilines is 2. The number of pyridine rings is 1. The molecule has 1 aliphatic heterocycles. The first-order valence-corrected chi connectivity index (χ1v) is 8.69. The van der Waals surface area contributed by atoms with Crippen LogP contribution in [-0.4, -0.2) is 36.7 Å². The van der Waals surface area contributed by atoms with Crippen molar-refractivity contribution in [1.82, 2.24) is 4.98 Å². The summed E-state index contributed by atoms with van der Waals surface area (Å²) in [5.41, 5.74) is 3.81. The molecule has 1 aliphatic rings. The number of nitrogens with zero attached hydrogens (tertiary/aromatic N) is 2. The second-order valence-electron chi connectivity index (χ2n) is 6.58. The first-order chi connectivity index (χ1) is 12.6. The Bertz CT molecular complexity index is 950. The molecule has 6 heteroatoms. The van der Waals surface area contributed by atoms with Crippen molar-refractivity contribution in [1.29, 1.82) is 0 Å². The number of rotatable bonds is 3. The van der Waals surface area contributed by atoms with Gasteiger partial charge in [-0.1, -0.05) is 17.7 Å². The molecule has 0 spiro atoms. The minimum absolute atomic E-state index is 0.138. The summed E-state index contributed by atoms with van der Waals surface area (Å²) in [7, 11) is 0. The van der Waals surface area contributed by atoms with Crippen LogP contribution in [0.5, 0.6) is 0 Å². The number of aryl methyl sites for hydroxylation is 2. The van der Waals surface area contributed by atoms with E-state index in [9.17, 15) is 4.79 Å². The van der Waals surface area contributed by atoms with Crippen LogP contribution >= 0.6 is 0 Å². The van der Waals surface area contributed by atoms with E-state index in [2.05, 4.69) is 15.2 Å². The van der Waals surface area contributed by atoms with Crippen LogP contribution in [0.1, 0.15) is 11.1 Å². The van der Waals surface area contributed by atoms with Gasteiger partial charge in [-0.3, -0.25) is 4.79 Å². The Kier molecular flexibility index (Phi) is 4.34. The number of fused-ring (bicyclic) bond motifs is 1. The minimum Gasteiger partial charge on any atom is -0.464 e. The van der Waals surface area contributed by atoms with Gasteiger partial charge in [0.15, 0.2) is 6.10 Å². The van der Waals surface area contributed by atoms with Gasteiger partial charge in [-0.05, 0) is 37.6 Å². The van der Waals surface area contributed by atoms with Crippen LogP contribution < -0.4 is 10.2 Å². The van der Waals surface area contributed by atoms with Gasteiger partial charge in [0, 0.05) is 18.4 Å². The Morgan fingerprint density at radius 3 is 3.00 bits per heavy atom. The molecule has 134 valence electrons. The average molecular weight is 351 g/mol. The van der Waals surface area contributed by atoms with Crippen LogP contribution in [-0.2, 0) is 9.53 Å². The van der Waals surface area contributed by atoms with Crippen molar-refractivity contribution in [2.45, 2.75) is 20.0 Å². The maximum absolute atomic E-state index is 12.7. The zero-order valence-electron chi connectivity index (χ0n) is 14.9. The molecule has 0 bridgehead atoms. The van der Waals surface area contributed by atoms with Crippen LogP contribution in [0, 0.1) is 13.8 Å². The molecular weight excluding hydrogens is 330 g/mol. The molecule has 0 saturated carbocycles. The van der Waals surface area contributed by atoms with Gasteiger partial charge in [0.2, 0.25) is 0 Å². The SMILES string of the molecule is Cc1ccc(NC(=O)[C@@H]2CN(c3nccc4occc34)CCO2)c(C)c1. The number of carbonyl (C=O) groups is 1. The summed E-state index contributed by atoms with van der Waals surface area (Å²) < 4.78 is 11.2. The summed E-state index contributed by atoms with van der Waals surface area (Å²) in [6.45, 7) is 5.63. The Labute approximate surface area is 151 Å². The lowest BCUT2D eigenvalue weighted by Crippen LogP contribution is -2.48. The number of amides is 1. The Morgan fingerprint density at radius 2 is 2.15 bits per heavy atom. The number of aromatic nitrogens is 1. The predicted molar refractivity (Wildman–Crippen MR) is 101 cm³/mol. The molecule has 4 rings (SSSR count). The molecule has 0 aliphatic carbocycles. The highest BCUT2D eigenvalue weighted by molar-refractivity contribution is 5.96. The van der Waals surface area contributed by atoms with Gasteiger partial charge in [0.1, 0.15) is 11.4 Å². The number of carbonyl (C=O) groups excluding carboxylic acids is 1. The van der Waals surface area contributed by atoms with Crippen LogP contribution in [0.25, 0.3) is 11.0 Å². The second kappa shape index (κ2) is 6.80. The largest absolute Gasteiger partial charge is 0.464 e. The first-order valence-electron chi connectivity index (χ1n) is 8.69. The van der Waals surface area contributed by atoms with Gasteiger partial charge < -0.3 is 19.4 Å². The molecule has 1 saturated heterocycles. The predicted octanol–water partition coefficient (Wildman–Crippen LogP) is 3.29. The maximum atomic E-state index is 12.7. The van der Waals surface area contributed by atoms with E-state index < -0.39 is 6.10 Å². The van der Waals surface area contributed by atoms with Crippen LogP contribution in [0.3, 0.4) is 0 Å². The first kappa shape index (κ1) is 16.6. The highest BCUT2D eigenvalue weighted by atomic mass is 16.5. The maximum Gasteiger partial charge on any atom is 0.255 e. The summed E-state index contributed by atoms with van der Waals surface area (Å²) in [5, 5.41) is 3.93. The Balaban J connectivity index is 1.51. The zero-order valence-corrected chi connectivity index (χ0v) is 14.9. The van der Waals surface area contributed by atoms with Crippen LogP contribution in [0.15, 0.2) is 47.2 Å². The molecule has 1 N–H and O–H groups in total. The monoisotopic (exact) mass is 351 g/mol. The number of hydrogen-bond acceptors (Lipinski definition) is 5. The van der Waals surface area contributed by atoms with Gasteiger partial charge in [0.05, 0.1) is 24.8 Å². The summed E-state index contributed by atoms with van der Waals surface area (Å²) >= 11 is 0. The molecule has 1 fully saturated rings. The standard InChI is InChI=1S/C20H21N3O3/c1-13-3-4-16(14(2)11-13)22-20(24)18-12-23(8-10-26-18)19-15-6-9-25-17(15)5-7-21-19/h3-7,9,11,18H,8,10,12H2,1-2H3,(H,22,24)/t18-/m0/s1. The molecule has 1 atom stereocenters. The topological polar surface area (TPSA) is 67.6 Å². The number of nitrogens with one attached hydrogen (secondary N) is 1. The minimum atomic E-state index is -0.548. The van der Waals surface area contributed by atoms with Gasteiger partial charge >= 0.3 is 0 Å². The molecule has 26 heavy (non-hydrogen) atoms. The summed E-state index contributed by atoms with van der Waals surface area (Å²) in [6.07, 6.45) is 2.83. The molecule has 3 aromatic rings. The third-order valence-electron chi connectivity index (χ3n) is 4.66. The Hall–Kier alpha value is -2.86. The molecule has 2 aromatic heterocycles. The summed E-state index contributed by atoms with van der Waals surface area (Å²) in [4.78, 5) is 19.3. The summed E-state index contributed by atoms with van der Waals surface area (Å²) in [5.74, 6) is 0.685. The summed E-state index contributed by atoms with van der Waals surface area (Å²) in [6, 6.07) is 9.70. The van der Waals surface area contributed by atoms with Crippen molar-refractivity contribution < 1.29 is 13.9 Å². The third kappa shape index (κ3) is 3.15. The molecule has 3 heterocycles. The number of ether oxygens (including phenoxy) is 1. The van der Waals surface area contributed by atoms with E-state index in [-0.39, 0.29) is 5.91 Å². The van der Waals surface area contributed by atoms with Crippen molar-refractivity contribution >= 4 is 28.4 Å². The van der Waals surface area contributed by atoms with Crippen molar-refractivity contribution in [3.63, 3.8) is 0 Å². The van der Waals surface area contributed by atoms with Crippen LogP contribution in [0.2, 0.25) is 0 Å². The number of hydrogen-bond donors (Lipinski definition) is 1. The molecule has 6 nitrogen and oxygen atoms in total. The second-order valence-corrected chi connectivity index (χ2v) is 6.58. The van der Waals surface area contributed by atoms with Gasteiger partial charge in [-0.25, -0.2) is 4.98 Å². The van der Waals surface area contributed by atoms with Crippen molar-refractivity contribution in [3.05, 3.63) is 53.9 Å². The molecule has 1 amide bonds. The fraction of sp³-hybridized carbons (Fsp3) is 0.300. The van der Waals surface area contributed by atoms with Gasteiger partial charge in [-0.2, -0.15) is 0 Å². The van der Waals surface area contributed by atoms with E-state index in [4.69, 9.17) is 9.15 Å². The van der Waals surface area contributed by atoms with E-state index >= 15 is 0 Å². The van der Waals surface area contributed by atoms with Crippen molar-refractivity contribution in [2.75, 3.05) is 29.9 Å². The van der Waals surface area contributed by atoms with Gasteiger partial charge in [-0.15, -0.1) is 0 Å². The van der Waals surface area contributed by atoms with Gasteiger partial charge in [0.25, 0.3) is 5.91 Å². The lowest BCUT2D eigenvalue weighted by Gasteiger charge is -2.33. The zero-order chi connectivity index (χ0) is 18.1. The van der Waals surface area contributed by atoms with E-state index in [1.165, 1.54) is 5.56 Å². The van der Waals surface area contributed by atoms with Crippen molar-refractivity contribution in [3.8, 4) is 0 Å². The third-order valence-corrected chi connectivity index (χ3v) is 4.66. The normalized spacial score (nSPS) is 17.5. The van der Waals surface area contributed by atoms with Crippen molar-refractivity contribution in [2.24, 2.45) is 0 Å². The lowest BCUT2D eigenvalue weighted by molar-refractivity contribution is -0.128. The highest BCUT2D eigenvalue weighted by Crippen LogP contribution is 2.27. The van der Waals surface area contributed by atoms with E-state index in [1.54, 1.807) is 12.5 Å². The van der Waals surface area contributed by atoms with E-state index in [0.29, 0.717) is 19.7 Å². The average Bonchev–Trinajstić information content (AvgIpc) is 3.13. The quantitative estimate of drug-likeness (QED) is 0.784. The molecule has 0 radical (unpaired) electrons. The number of furan rings is 1. The van der Waals surface area contributed by atoms with E-state index in [1.807, 2.05) is 44.2 Å². The fourth-order valence-electron chi connectivity index (χ4n) is 3.30. The smallest absolute Gasteiger partial charge is 0.255 e. The molecule has 0 unspecified atom stereocenters. The Morgan fingerprint density at radius 1 is 1.27 bits per heavy atom. The van der Waals surface area contributed by atoms with E-state index in [0.717, 1.165) is 28.0 Å². The molecule has 1 aromatic carbocycles. The highest BCUT2D eigenvalue weighted by Gasteiger charge is 2.28. The fourth-order valence-corrected chi connectivity index (χ4v) is 3.30. The van der Waals surface area contributed by atoms with Crippen LogP contribution in [0.4, 0.5) is 11.5 Å².